The monoisotopic (exact) mass is 381 g/mol. The van der Waals surface area contributed by atoms with Crippen LogP contribution in [0.1, 0.15) is 37.7 Å². The number of carbonyl (C=O) groups is 2. The van der Waals surface area contributed by atoms with Crippen molar-refractivity contribution in [2.24, 2.45) is 5.92 Å². The van der Waals surface area contributed by atoms with E-state index in [2.05, 4.69) is 5.32 Å². The predicted octanol–water partition coefficient (Wildman–Crippen LogP) is 3.04. The van der Waals surface area contributed by atoms with Crippen LogP contribution in [0.15, 0.2) is 30.3 Å². The van der Waals surface area contributed by atoms with E-state index in [1.165, 1.54) is 37.4 Å². The van der Waals surface area contributed by atoms with Crippen LogP contribution < -0.4 is 5.32 Å². The molecule has 0 aliphatic heterocycles. The first kappa shape index (κ1) is 20.6. The minimum atomic E-state index is -1.11. The highest BCUT2D eigenvalue weighted by atomic mass is 32.2. The lowest BCUT2D eigenvalue weighted by molar-refractivity contribution is -0.138. The lowest BCUT2D eigenvalue weighted by Crippen LogP contribution is -2.43. The first-order valence-corrected chi connectivity index (χ1v) is 10.2. The summed E-state index contributed by atoms with van der Waals surface area (Å²) in [6.07, 6.45) is 4.41. The Morgan fingerprint density at radius 1 is 1.19 bits per heavy atom. The van der Waals surface area contributed by atoms with Gasteiger partial charge in [-0.1, -0.05) is 56.0 Å². The van der Waals surface area contributed by atoms with Gasteiger partial charge in [0.1, 0.15) is 12.6 Å². The highest BCUT2D eigenvalue weighted by Gasteiger charge is 2.23. The Hall–Kier alpha value is -1.73. The minimum absolute atomic E-state index is 0.0895. The number of alkyl carbamates (subject to hydrolysis) is 1. The summed E-state index contributed by atoms with van der Waals surface area (Å²) in [6, 6.07) is 8.14. The van der Waals surface area contributed by atoms with E-state index in [-0.39, 0.29) is 12.4 Å². The molecule has 2 unspecified atom stereocenters. The third-order valence-corrected chi connectivity index (χ3v) is 5.67. The number of hydrogen-bond acceptors (Lipinski definition) is 5. The van der Waals surface area contributed by atoms with Gasteiger partial charge in [0.2, 0.25) is 0 Å². The molecule has 144 valence electrons. The number of aliphatic hydroxyl groups excluding tert-OH is 1. The fraction of sp³-hybridized carbons (Fsp3) is 0.579. The van der Waals surface area contributed by atoms with Gasteiger partial charge in [-0.15, -0.1) is 0 Å². The molecule has 6 nitrogen and oxygen atoms in total. The average Bonchev–Trinajstić information content (AvgIpc) is 3.12. The number of ether oxygens (including phenoxy) is 1. The van der Waals surface area contributed by atoms with Gasteiger partial charge < -0.3 is 20.3 Å². The van der Waals surface area contributed by atoms with E-state index >= 15 is 0 Å². The normalized spacial score (nSPS) is 16.8. The van der Waals surface area contributed by atoms with Crippen molar-refractivity contribution in [3.05, 3.63) is 35.9 Å². The Balaban J connectivity index is 1.66. The summed E-state index contributed by atoms with van der Waals surface area (Å²) in [5.74, 6) is 0.143. The molecule has 1 amide bonds. The van der Waals surface area contributed by atoms with Crippen molar-refractivity contribution in [1.29, 1.82) is 0 Å². The molecule has 0 bridgehead atoms. The third-order valence-electron chi connectivity index (χ3n) is 4.48. The SMILES string of the molecule is O=C(NC(CSCC(O)CC1CCCC1)C(=O)O)OCc1ccccc1. The zero-order valence-electron chi connectivity index (χ0n) is 14.8. The van der Waals surface area contributed by atoms with E-state index in [0.717, 1.165) is 12.0 Å². The number of carboxylic acid groups (broad SMARTS) is 1. The summed E-state index contributed by atoms with van der Waals surface area (Å²) in [4.78, 5) is 23.1. The summed E-state index contributed by atoms with van der Waals surface area (Å²) in [5.41, 5.74) is 0.832. The van der Waals surface area contributed by atoms with Crippen molar-refractivity contribution in [2.75, 3.05) is 11.5 Å². The van der Waals surface area contributed by atoms with Crippen molar-refractivity contribution >= 4 is 23.8 Å². The van der Waals surface area contributed by atoms with Crippen LogP contribution in [0.3, 0.4) is 0 Å². The standard InChI is InChI=1S/C19H27NO5S/c21-16(10-14-6-4-5-7-14)12-26-13-17(18(22)23)20-19(24)25-11-15-8-2-1-3-9-15/h1-3,8-9,14,16-17,21H,4-7,10-13H2,(H,20,24)(H,22,23). The van der Waals surface area contributed by atoms with E-state index in [1.54, 1.807) is 0 Å². The molecule has 0 heterocycles. The number of carbonyl (C=O) groups excluding carboxylic acids is 1. The molecule has 2 rings (SSSR count). The van der Waals surface area contributed by atoms with Crippen molar-refractivity contribution in [3.8, 4) is 0 Å². The van der Waals surface area contributed by atoms with Crippen molar-refractivity contribution in [1.82, 2.24) is 5.32 Å². The maximum Gasteiger partial charge on any atom is 0.408 e. The minimum Gasteiger partial charge on any atom is -0.480 e. The number of nitrogens with one attached hydrogen (secondary N) is 1. The molecule has 1 aromatic carbocycles. The van der Waals surface area contributed by atoms with Crippen LogP contribution in [0.2, 0.25) is 0 Å². The summed E-state index contributed by atoms with van der Waals surface area (Å²) >= 11 is 1.34. The second-order valence-electron chi connectivity index (χ2n) is 6.67. The molecule has 0 spiro atoms. The molecule has 1 aliphatic carbocycles. The molecular weight excluding hydrogens is 354 g/mol. The molecular formula is C19H27NO5S. The number of hydrogen-bond donors (Lipinski definition) is 3. The molecule has 0 aromatic heterocycles. The lowest BCUT2D eigenvalue weighted by Gasteiger charge is -2.17. The summed E-state index contributed by atoms with van der Waals surface area (Å²) in [7, 11) is 0. The van der Waals surface area contributed by atoms with E-state index in [1.807, 2.05) is 30.3 Å². The zero-order valence-corrected chi connectivity index (χ0v) is 15.6. The Labute approximate surface area is 158 Å². The second-order valence-corrected chi connectivity index (χ2v) is 7.75. The van der Waals surface area contributed by atoms with Gasteiger partial charge in [-0.05, 0) is 17.9 Å². The van der Waals surface area contributed by atoms with Crippen molar-refractivity contribution in [3.63, 3.8) is 0 Å². The van der Waals surface area contributed by atoms with Gasteiger partial charge in [-0.25, -0.2) is 9.59 Å². The second kappa shape index (κ2) is 11.1. The van der Waals surface area contributed by atoms with Crippen LogP contribution in [0.4, 0.5) is 4.79 Å². The van der Waals surface area contributed by atoms with Gasteiger partial charge >= 0.3 is 12.1 Å². The largest absolute Gasteiger partial charge is 0.480 e. The molecule has 26 heavy (non-hydrogen) atoms. The highest BCUT2D eigenvalue weighted by Crippen LogP contribution is 2.29. The maximum absolute atomic E-state index is 11.8. The number of aliphatic hydroxyl groups is 1. The van der Waals surface area contributed by atoms with Crippen molar-refractivity contribution in [2.45, 2.75) is 50.9 Å². The van der Waals surface area contributed by atoms with Crippen LogP contribution >= 0.6 is 11.8 Å². The van der Waals surface area contributed by atoms with E-state index in [4.69, 9.17) is 4.74 Å². The fourth-order valence-electron chi connectivity index (χ4n) is 3.10. The molecule has 7 heteroatoms. The lowest BCUT2D eigenvalue weighted by atomic mass is 10.0. The smallest absolute Gasteiger partial charge is 0.408 e. The Morgan fingerprint density at radius 3 is 2.54 bits per heavy atom. The average molecular weight is 381 g/mol. The number of rotatable bonds is 10. The van der Waals surface area contributed by atoms with E-state index in [9.17, 15) is 19.8 Å². The summed E-state index contributed by atoms with van der Waals surface area (Å²) in [6.45, 7) is 0.0895. The number of aliphatic carboxylic acids is 1. The Kier molecular flexibility index (Phi) is 8.77. The Bertz CT molecular complexity index is 562. The molecule has 3 N–H and O–H groups in total. The molecule has 1 fully saturated rings. The molecule has 0 saturated heterocycles. The first-order chi connectivity index (χ1) is 12.5. The third kappa shape index (κ3) is 7.66. The van der Waals surface area contributed by atoms with Gasteiger partial charge in [0.25, 0.3) is 0 Å². The van der Waals surface area contributed by atoms with Crippen LogP contribution in [0, 0.1) is 5.92 Å². The molecule has 1 saturated carbocycles. The van der Waals surface area contributed by atoms with Gasteiger partial charge in [-0.3, -0.25) is 0 Å². The number of carboxylic acids is 1. The summed E-state index contributed by atoms with van der Waals surface area (Å²) < 4.78 is 5.05. The molecule has 0 radical (unpaired) electrons. The van der Waals surface area contributed by atoms with E-state index in [0.29, 0.717) is 11.7 Å². The first-order valence-electron chi connectivity index (χ1n) is 9.00. The van der Waals surface area contributed by atoms with Gasteiger partial charge in [-0.2, -0.15) is 11.8 Å². The number of benzene rings is 1. The molecule has 1 aliphatic rings. The van der Waals surface area contributed by atoms with Crippen LogP contribution in [0.25, 0.3) is 0 Å². The van der Waals surface area contributed by atoms with Crippen LogP contribution in [-0.2, 0) is 16.1 Å². The van der Waals surface area contributed by atoms with Crippen LogP contribution in [-0.4, -0.2) is 45.9 Å². The van der Waals surface area contributed by atoms with Crippen molar-refractivity contribution < 1.29 is 24.5 Å². The van der Waals surface area contributed by atoms with Crippen LogP contribution in [0.5, 0.6) is 0 Å². The maximum atomic E-state index is 11.8. The quantitative estimate of drug-likeness (QED) is 0.576. The fourth-order valence-corrected chi connectivity index (χ4v) is 4.11. The Morgan fingerprint density at radius 2 is 1.88 bits per heavy atom. The van der Waals surface area contributed by atoms with Gasteiger partial charge in [0, 0.05) is 11.5 Å². The zero-order chi connectivity index (χ0) is 18.8. The predicted molar refractivity (Wildman–Crippen MR) is 101 cm³/mol. The topological polar surface area (TPSA) is 95.9 Å². The molecule has 1 aromatic rings. The number of thioether (sulfide) groups is 1. The highest BCUT2D eigenvalue weighted by molar-refractivity contribution is 7.99. The molecule has 2 atom stereocenters. The van der Waals surface area contributed by atoms with Gasteiger partial charge in [0.05, 0.1) is 6.10 Å². The number of amides is 1. The summed E-state index contributed by atoms with van der Waals surface area (Å²) in [5, 5.41) is 21.7. The van der Waals surface area contributed by atoms with Gasteiger partial charge in [0.15, 0.2) is 0 Å². The van der Waals surface area contributed by atoms with E-state index < -0.39 is 24.2 Å².